The van der Waals surface area contributed by atoms with Crippen LogP contribution in [-0.2, 0) is 6.54 Å². The Morgan fingerprint density at radius 2 is 1.74 bits per heavy atom. The van der Waals surface area contributed by atoms with E-state index >= 15 is 0 Å². The lowest BCUT2D eigenvalue weighted by Gasteiger charge is -2.37. The van der Waals surface area contributed by atoms with Gasteiger partial charge in [0.25, 0.3) is 0 Å². The molecule has 0 aliphatic carbocycles. The van der Waals surface area contributed by atoms with Crippen LogP contribution in [0, 0.1) is 13.8 Å². The van der Waals surface area contributed by atoms with E-state index in [1.165, 1.54) is 0 Å². The van der Waals surface area contributed by atoms with Crippen molar-refractivity contribution in [1.82, 2.24) is 14.9 Å². The van der Waals surface area contributed by atoms with Gasteiger partial charge in [-0.05, 0) is 57.0 Å². The minimum atomic E-state index is -0.0479. The number of amides is 2. The second-order valence-corrected chi connectivity index (χ2v) is 10.5. The molecule has 198 valence electrons. The van der Waals surface area contributed by atoms with E-state index in [4.69, 9.17) is 9.72 Å². The maximum absolute atomic E-state index is 13.9. The third-order valence-electron chi connectivity index (χ3n) is 7.69. The summed E-state index contributed by atoms with van der Waals surface area (Å²) in [4.78, 5) is 31.7. The lowest BCUT2D eigenvalue weighted by Crippen LogP contribution is -2.49. The molecule has 0 radical (unpaired) electrons. The summed E-state index contributed by atoms with van der Waals surface area (Å²) < 4.78 is 6.34. The van der Waals surface area contributed by atoms with Crippen molar-refractivity contribution >= 4 is 34.9 Å². The molecule has 9 heteroatoms. The van der Waals surface area contributed by atoms with E-state index in [1.807, 2.05) is 23.2 Å². The maximum Gasteiger partial charge on any atom is 0.330 e. The Bertz CT molecular complexity index is 1330. The van der Waals surface area contributed by atoms with Gasteiger partial charge in [-0.25, -0.2) is 9.78 Å². The number of anilines is 5. The molecule has 3 aliphatic rings. The van der Waals surface area contributed by atoms with Crippen LogP contribution in [0.25, 0.3) is 0 Å². The number of nitrogens with zero attached hydrogens (tertiary/aromatic N) is 6. The van der Waals surface area contributed by atoms with E-state index in [-0.39, 0.29) is 6.03 Å². The summed E-state index contributed by atoms with van der Waals surface area (Å²) in [5, 5.41) is 3.35. The van der Waals surface area contributed by atoms with Gasteiger partial charge in [-0.3, -0.25) is 9.80 Å². The van der Waals surface area contributed by atoms with Gasteiger partial charge < -0.3 is 19.9 Å². The van der Waals surface area contributed by atoms with Gasteiger partial charge in [-0.15, -0.1) is 0 Å². The number of carbonyl (C=O) groups excluding carboxylic acids is 1. The Kier molecular flexibility index (Phi) is 6.53. The molecule has 4 bridgehead atoms. The van der Waals surface area contributed by atoms with Gasteiger partial charge in [-0.2, -0.15) is 4.98 Å². The topological polar surface area (TPSA) is 77.1 Å². The molecule has 38 heavy (non-hydrogen) atoms. The maximum atomic E-state index is 13.9. The van der Waals surface area contributed by atoms with Crippen LogP contribution < -0.4 is 24.8 Å². The van der Waals surface area contributed by atoms with Gasteiger partial charge in [0.1, 0.15) is 11.6 Å². The number of benzene rings is 2. The summed E-state index contributed by atoms with van der Waals surface area (Å²) in [6.45, 7) is 9.72. The first kappa shape index (κ1) is 24.5. The van der Waals surface area contributed by atoms with E-state index in [0.29, 0.717) is 31.5 Å². The summed E-state index contributed by atoms with van der Waals surface area (Å²) in [5.74, 6) is 2.03. The van der Waals surface area contributed by atoms with E-state index in [9.17, 15) is 4.79 Å². The van der Waals surface area contributed by atoms with Crippen LogP contribution in [0.3, 0.4) is 0 Å². The third kappa shape index (κ3) is 4.62. The van der Waals surface area contributed by atoms with Crippen molar-refractivity contribution in [3.63, 3.8) is 0 Å². The smallest absolute Gasteiger partial charge is 0.330 e. The standard InChI is InChI=1S/C29H35N7O2/c1-20-7-6-8-21(2)26(20)36-19-22-18-30-28-31-23-9-10-24(34-14-12-33(3)13-15-34)25(17-23)38-16-5-4-11-35(29(36)37)27(22)32-28/h6-10,17-18H,4-5,11-16,19H2,1-3H3,(H,30,31,32). The van der Waals surface area contributed by atoms with Gasteiger partial charge in [0.15, 0.2) is 0 Å². The molecule has 0 saturated carbocycles. The van der Waals surface area contributed by atoms with E-state index in [0.717, 1.165) is 78.5 Å². The largest absolute Gasteiger partial charge is 0.491 e. The molecule has 2 aromatic carbocycles. The van der Waals surface area contributed by atoms with Crippen LogP contribution in [0.2, 0.25) is 0 Å². The lowest BCUT2D eigenvalue weighted by atomic mass is 10.1. The molecule has 1 N–H and O–H groups in total. The van der Waals surface area contributed by atoms with E-state index < -0.39 is 0 Å². The second kappa shape index (κ2) is 10.1. The number of fused-ring (bicyclic) bond motifs is 3. The summed E-state index contributed by atoms with van der Waals surface area (Å²) in [7, 11) is 2.16. The van der Waals surface area contributed by atoms with Crippen LogP contribution in [-0.4, -0.2) is 67.3 Å². The Balaban J connectivity index is 1.33. The molecule has 0 atom stereocenters. The van der Waals surface area contributed by atoms with Crippen LogP contribution in [0.15, 0.2) is 42.6 Å². The normalized spacial score (nSPS) is 18.2. The SMILES string of the molecule is Cc1cccc(C)c1N1Cc2cnc3nc2N(CCCCOc2cc(ccc2N2CCN(C)CC2)N3)C1=O. The molecule has 3 aromatic rings. The Hall–Kier alpha value is -3.85. The van der Waals surface area contributed by atoms with Crippen molar-refractivity contribution in [3.8, 4) is 5.75 Å². The van der Waals surface area contributed by atoms with Crippen LogP contribution >= 0.6 is 0 Å². The zero-order valence-electron chi connectivity index (χ0n) is 22.4. The summed E-state index contributed by atoms with van der Waals surface area (Å²) in [6, 6.07) is 12.3. The number of ether oxygens (including phenoxy) is 1. The first-order valence-electron chi connectivity index (χ1n) is 13.5. The second-order valence-electron chi connectivity index (χ2n) is 10.5. The molecule has 4 heterocycles. The number of urea groups is 1. The van der Waals surface area contributed by atoms with Gasteiger partial charge in [0.05, 0.1) is 24.5 Å². The molecule has 0 unspecified atom stereocenters. The monoisotopic (exact) mass is 513 g/mol. The highest BCUT2D eigenvalue weighted by molar-refractivity contribution is 6.06. The average molecular weight is 514 g/mol. The number of aryl methyl sites for hydroxylation is 2. The van der Waals surface area contributed by atoms with Crippen LogP contribution in [0.5, 0.6) is 5.75 Å². The molecule has 2 amide bonds. The lowest BCUT2D eigenvalue weighted by molar-refractivity contribution is 0.249. The first-order chi connectivity index (χ1) is 18.5. The van der Waals surface area contributed by atoms with E-state index in [1.54, 1.807) is 4.90 Å². The third-order valence-corrected chi connectivity index (χ3v) is 7.69. The van der Waals surface area contributed by atoms with Crippen molar-refractivity contribution in [2.45, 2.75) is 33.2 Å². The van der Waals surface area contributed by atoms with Crippen LogP contribution in [0.4, 0.5) is 33.6 Å². The fourth-order valence-electron chi connectivity index (χ4n) is 5.58. The number of nitrogens with one attached hydrogen (secondary N) is 1. The average Bonchev–Trinajstić information content (AvgIpc) is 2.91. The fraction of sp³-hybridized carbons (Fsp3) is 0.414. The zero-order chi connectivity index (χ0) is 26.2. The molecule has 1 saturated heterocycles. The number of likely N-dealkylation sites (N-methyl/N-ethyl adjacent to an activating group) is 1. The zero-order valence-corrected chi connectivity index (χ0v) is 22.4. The Morgan fingerprint density at radius 1 is 0.947 bits per heavy atom. The van der Waals surface area contributed by atoms with Gasteiger partial charge in [0, 0.05) is 56.2 Å². The van der Waals surface area contributed by atoms with Crippen molar-refractivity contribution in [2.24, 2.45) is 0 Å². The predicted molar refractivity (Wildman–Crippen MR) is 151 cm³/mol. The molecular formula is C29H35N7O2. The molecule has 3 aliphatic heterocycles. The molecule has 0 spiro atoms. The number of hydrogen-bond acceptors (Lipinski definition) is 7. The number of hydrogen-bond donors (Lipinski definition) is 1. The van der Waals surface area contributed by atoms with Gasteiger partial charge in [0.2, 0.25) is 5.95 Å². The molecule has 1 aromatic heterocycles. The van der Waals surface area contributed by atoms with Gasteiger partial charge in [-0.1, -0.05) is 18.2 Å². The predicted octanol–water partition coefficient (Wildman–Crippen LogP) is 4.71. The molecule has 6 rings (SSSR count). The fourth-order valence-corrected chi connectivity index (χ4v) is 5.58. The quantitative estimate of drug-likeness (QED) is 0.532. The van der Waals surface area contributed by atoms with E-state index in [2.05, 4.69) is 65.3 Å². The Labute approximate surface area is 224 Å². The minimum absolute atomic E-state index is 0.0479. The van der Waals surface area contributed by atoms with Gasteiger partial charge >= 0.3 is 6.03 Å². The summed E-state index contributed by atoms with van der Waals surface area (Å²) in [5.41, 5.74) is 6.04. The Morgan fingerprint density at radius 3 is 2.53 bits per heavy atom. The highest BCUT2D eigenvalue weighted by atomic mass is 16.5. The number of rotatable bonds is 2. The highest BCUT2D eigenvalue weighted by Gasteiger charge is 2.34. The number of aromatic nitrogens is 2. The first-order valence-corrected chi connectivity index (χ1v) is 13.5. The van der Waals surface area contributed by atoms with Crippen molar-refractivity contribution in [3.05, 3.63) is 59.3 Å². The number of carbonyl (C=O) groups is 1. The summed E-state index contributed by atoms with van der Waals surface area (Å²) >= 11 is 0. The number of piperazine rings is 1. The van der Waals surface area contributed by atoms with Crippen molar-refractivity contribution in [2.75, 3.05) is 66.4 Å². The van der Waals surface area contributed by atoms with Crippen molar-refractivity contribution in [1.29, 1.82) is 0 Å². The minimum Gasteiger partial charge on any atom is -0.491 e. The molecular weight excluding hydrogens is 478 g/mol. The molecule has 1 fully saturated rings. The highest BCUT2D eigenvalue weighted by Crippen LogP contribution is 2.36. The van der Waals surface area contributed by atoms with Crippen LogP contribution in [0.1, 0.15) is 29.5 Å². The summed E-state index contributed by atoms with van der Waals surface area (Å²) in [6.07, 6.45) is 3.49. The van der Waals surface area contributed by atoms with Crippen molar-refractivity contribution < 1.29 is 9.53 Å². The molecule has 9 nitrogen and oxygen atoms in total. The number of para-hydroxylation sites is 1.